The summed E-state index contributed by atoms with van der Waals surface area (Å²) in [4.78, 5) is 0. The van der Waals surface area contributed by atoms with Crippen LogP contribution < -0.4 is 5.73 Å². The van der Waals surface area contributed by atoms with Crippen molar-refractivity contribution < 1.29 is 9.50 Å². The molecule has 1 aliphatic carbocycles. The molecule has 4 heteroatoms. The molecular weight excluding hydrogens is 207 g/mol. The van der Waals surface area contributed by atoms with Crippen molar-refractivity contribution in [1.29, 1.82) is 5.26 Å². The molecule has 1 aromatic carbocycles. The van der Waals surface area contributed by atoms with Gasteiger partial charge in [0.05, 0.1) is 0 Å². The van der Waals surface area contributed by atoms with Crippen LogP contribution in [0.15, 0.2) is 12.1 Å². The number of halogens is 1. The van der Waals surface area contributed by atoms with E-state index in [2.05, 4.69) is 0 Å². The first kappa shape index (κ1) is 10.9. The number of phenolic OH excluding ortho intramolecular Hbond substituents is 1. The van der Waals surface area contributed by atoms with Gasteiger partial charge in [0, 0.05) is 11.6 Å². The standard InChI is InChI=1S/C12H13FN2O/c13-10-4-3-8(12(16)9(10)6-14)11(15)5-7-1-2-7/h3-4,7,11,16H,1-2,5,15H2/t11-/m0/s1. The molecule has 0 spiro atoms. The quantitative estimate of drug-likeness (QED) is 0.820. The number of hydrogen-bond acceptors (Lipinski definition) is 3. The van der Waals surface area contributed by atoms with Crippen molar-refractivity contribution in [2.24, 2.45) is 11.7 Å². The van der Waals surface area contributed by atoms with Crippen molar-refractivity contribution in [3.63, 3.8) is 0 Å². The van der Waals surface area contributed by atoms with Gasteiger partial charge >= 0.3 is 0 Å². The summed E-state index contributed by atoms with van der Waals surface area (Å²) in [6.45, 7) is 0. The number of hydrogen-bond donors (Lipinski definition) is 2. The highest BCUT2D eigenvalue weighted by Crippen LogP contribution is 2.39. The second-order valence-corrected chi connectivity index (χ2v) is 4.26. The Morgan fingerprint density at radius 2 is 2.25 bits per heavy atom. The molecule has 3 nitrogen and oxygen atoms in total. The molecule has 3 N–H and O–H groups in total. The topological polar surface area (TPSA) is 70.0 Å². The average Bonchev–Trinajstić information content (AvgIpc) is 3.02. The smallest absolute Gasteiger partial charge is 0.144 e. The molecule has 16 heavy (non-hydrogen) atoms. The highest BCUT2D eigenvalue weighted by atomic mass is 19.1. The Labute approximate surface area is 93.3 Å². The van der Waals surface area contributed by atoms with Crippen LogP contribution in [0.25, 0.3) is 0 Å². The second-order valence-electron chi connectivity index (χ2n) is 4.26. The van der Waals surface area contributed by atoms with Crippen molar-refractivity contribution >= 4 is 0 Å². The molecule has 0 bridgehead atoms. The number of aromatic hydroxyl groups is 1. The molecule has 2 rings (SSSR count). The van der Waals surface area contributed by atoms with Crippen molar-refractivity contribution in [3.8, 4) is 11.8 Å². The SMILES string of the molecule is N#Cc1c(F)ccc([C@@H](N)CC2CC2)c1O. The van der Waals surface area contributed by atoms with Crippen LogP contribution in [-0.2, 0) is 0 Å². The van der Waals surface area contributed by atoms with Gasteiger partial charge in [-0.05, 0) is 18.4 Å². The first-order chi connectivity index (χ1) is 7.63. The maximum atomic E-state index is 13.1. The van der Waals surface area contributed by atoms with Gasteiger partial charge in [-0.25, -0.2) is 4.39 Å². The summed E-state index contributed by atoms with van der Waals surface area (Å²) < 4.78 is 13.1. The van der Waals surface area contributed by atoms with Crippen LogP contribution in [-0.4, -0.2) is 5.11 Å². The predicted molar refractivity (Wildman–Crippen MR) is 57.0 cm³/mol. The van der Waals surface area contributed by atoms with Crippen LogP contribution in [0.5, 0.6) is 5.75 Å². The lowest BCUT2D eigenvalue weighted by Gasteiger charge is -2.14. The Balaban J connectivity index is 2.30. The van der Waals surface area contributed by atoms with E-state index < -0.39 is 5.82 Å². The van der Waals surface area contributed by atoms with Crippen LogP contribution in [0, 0.1) is 23.1 Å². The number of nitriles is 1. The summed E-state index contributed by atoms with van der Waals surface area (Å²) in [5.74, 6) is -0.400. The van der Waals surface area contributed by atoms with Gasteiger partial charge in [0.25, 0.3) is 0 Å². The molecule has 1 aliphatic rings. The minimum Gasteiger partial charge on any atom is -0.506 e. The molecule has 0 amide bonds. The monoisotopic (exact) mass is 220 g/mol. The highest BCUT2D eigenvalue weighted by molar-refractivity contribution is 5.49. The fraction of sp³-hybridized carbons (Fsp3) is 0.417. The maximum Gasteiger partial charge on any atom is 0.144 e. The molecule has 1 atom stereocenters. The Bertz CT molecular complexity index is 449. The van der Waals surface area contributed by atoms with Crippen molar-refractivity contribution in [3.05, 3.63) is 29.1 Å². The first-order valence-electron chi connectivity index (χ1n) is 5.30. The lowest BCUT2D eigenvalue weighted by atomic mass is 9.98. The maximum absolute atomic E-state index is 13.1. The Morgan fingerprint density at radius 3 is 2.81 bits per heavy atom. The zero-order valence-electron chi connectivity index (χ0n) is 8.78. The number of nitrogens with two attached hydrogens (primary N) is 1. The summed E-state index contributed by atoms with van der Waals surface area (Å²) in [5, 5.41) is 18.4. The van der Waals surface area contributed by atoms with Gasteiger partial charge in [-0.15, -0.1) is 0 Å². The summed E-state index contributed by atoms with van der Waals surface area (Å²) >= 11 is 0. The average molecular weight is 220 g/mol. The first-order valence-corrected chi connectivity index (χ1v) is 5.30. The van der Waals surface area contributed by atoms with Crippen LogP contribution in [0.4, 0.5) is 4.39 Å². The minimum atomic E-state index is -0.706. The van der Waals surface area contributed by atoms with E-state index in [1.807, 2.05) is 0 Å². The Kier molecular flexibility index (Phi) is 2.80. The van der Waals surface area contributed by atoms with Gasteiger partial charge in [-0.1, -0.05) is 18.9 Å². The number of phenols is 1. The number of rotatable bonds is 3. The van der Waals surface area contributed by atoms with Crippen LogP contribution in [0.2, 0.25) is 0 Å². The summed E-state index contributed by atoms with van der Waals surface area (Å²) in [7, 11) is 0. The van der Waals surface area contributed by atoms with Gasteiger partial charge < -0.3 is 10.8 Å². The predicted octanol–water partition coefficient (Wildman–Crippen LogP) is 2.20. The van der Waals surface area contributed by atoms with Gasteiger partial charge in [0.15, 0.2) is 0 Å². The highest BCUT2D eigenvalue weighted by Gasteiger charge is 2.26. The van der Waals surface area contributed by atoms with E-state index in [1.54, 1.807) is 6.07 Å². The molecule has 1 aromatic rings. The second kappa shape index (κ2) is 4.11. The lowest BCUT2D eigenvalue weighted by molar-refractivity contribution is 0.447. The third-order valence-electron chi connectivity index (χ3n) is 2.95. The van der Waals surface area contributed by atoms with E-state index >= 15 is 0 Å². The van der Waals surface area contributed by atoms with Crippen LogP contribution in [0.3, 0.4) is 0 Å². The van der Waals surface area contributed by atoms with E-state index in [9.17, 15) is 9.50 Å². The zero-order chi connectivity index (χ0) is 11.7. The van der Waals surface area contributed by atoms with Gasteiger partial charge in [0.2, 0.25) is 0 Å². The summed E-state index contributed by atoms with van der Waals surface area (Å²) in [6.07, 6.45) is 3.12. The molecule has 1 saturated carbocycles. The van der Waals surface area contributed by atoms with Crippen LogP contribution in [0.1, 0.15) is 36.4 Å². The lowest BCUT2D eigenvalue weighted by Crippen LogP contribution is -2.12. The molecule has 0 unspecified atom stereocenters. The number of benzene rings is 1. The molecule has 0 aromatic heterocycles. The summed E-state index contributed by atoms with van der Waals surface area (Å²) in [6, 6.07) is 3.97. The van der Waals surface area contributed by atoms with Crippen LogP contribution >= 0.6 is 0 Å². The third-order valence-corrected chi connectivity index (χ3v) is 2.95. The normalized spacial score (nSPS) is 16.8. The molecule has 0 saturated heterocycles. The molecule has 0 heterocycles. The van der Waals surface area contributed by atoms with E-state index in [4.69, 9.17) is 11.0 Å². The van der Waals surface area contributed by atoms with Crippen molar-refractivity contribution in [2.45, 2.75) is 25.3 Å². The van der Waals surface area contributed by atoms with E-state index in [0.717, 1.165) is 6.42 Å². The Hall–Kier alpha value is -1.60. The fourth-order valence-electron chi connectivity index (χ4n) is 1.83. The third kappa shape index (κ3) is 2.00. The van der Waals surface area contributed by atoms with E-state index in [-0.39, 0.29) is 17.4 Å². The van der Waals surface area contributed by atoms with E-state index in [0.29, 0.717) is 11.5 Å². The Morgan fingerprint density at radius 1 is 1.56 bits per heavy atom. The number of nitrogens with zero attached hydrogens (tertiary/aromatic N) is 1. The molecule has 0 radical (unpaired) electrons. The minimum absolute atomic E-state index is 0.310. The molecule has 0 aliphatic heterocycles. The zero-order valence-corrected chi connectivity index (χ0v) is 8.78. The van der Waals surface area contributed by atoms with E-state index in [1.165, 1.54) is 25.0 Å². The van der Waals surface area contributed by atoms with Crippen molar-refractivity contribution in [2.75, 3.05) is 0 Å². The van der Waals surface area contributed by atoms with Gasteiger partial charge in [-0.3, -0.25) is 0 Å². The van der Waals surface area contributed by atoms with Gasteiger partial charge in [-0.2, -0.15) is 5.26 Å². The molecule has 84 valence electrons. The summed E-state index contributed by atoms with van der Waals surface area (Å²) in [5.41, 5.74) is 6.07. The molecular formula is C12H13FN2O. The molecule has 1 fully saturated rings. The van der Waals surface area contributed by atoms with Crippen molar-refractivity contribution in [1.82, 2.24) is 0 Å². The fourth-order valence-corrected chi connectivity index (χ4v) is 1.83. The van der Waals surface area contributed by atoms with Gasteiger partial charge in [0.1, 0.15) is 23.2 Å². The largest absolute Gasteiger partial charge is 0.506 e.